The summed E-state index contributed by atoms with van der Waals surface area (Å²) >= 11 is 7.72. The lowest BCUT2D eigenvalue weighted by molar-refractivity contribution is 0.310. The molecule has 0 N–H and O–H groups in total. The van der Waals surface area contributed by atoms with Crippen molar-refractivity contribution < 1.29 is 13.9 Å². The summed E-state index contributed by atoms with van der Waals surface area (Å²) < 4.78 is 19.4. The van der Waals surface area contributed by atoms with Gasteiger partial charge in [0.1, 0.15) is 11.3 Å². The van der Waals surface area contributed by atoms with Crippen molar-refractivity contribution in [2.24, 2.45) is 0 Å². The summed E-state index contributed by atoms with van der Waals surface area (Å²) in [7, 11) is 1.58. The molecule has 0 saturated heterocycles. The van der Waals surface area contributed by atoms with Crippen LogP contribution in [0.2, 0.25) is 5.02 Å². The van der Waals surface area contributed by atoms with E-state index in [4.69, 9.17) is 25.5 Å². The van der Waals surface area contributed by atoms with Gasteiger partial charge in [-0.3, -0.25) is 9.20 Å². The second-order valence-electron chi connectivity index (χ2n) is 7.90. The van der Waals surface area contributed by atoms with Crippen molar-refractivity contribution in [1.82, 2.24) is 14.6 Å². The Morgan fingerprint density at radius 1 is 1.11 bits per heavy atom. The third kappa shape index (κ3) is 4.72. The fraction of sp³-hybridized carbons (Fsp3) is 0.192. The van der Waals surface area contributed by atoms with Gasteiger partial charge in [0.15, 0.2) is 16.6 Å². The van der Waals surface area contributed by atoms with E-state index in [0.717, 1.165) is 22.0 Å². The highest BCUT2D eigenvalue weighted by Gasteiger charge is 2.18. The number of benzene rings is 2. The summed E-state index contributed by atoms with van der Waals surface area (Å²) in [5, 5.41) is 10.1. The number of thioether (sulfide) groups is 1. The van der Waals surface area contributed by atoms with Crippen LogP contribution in [-0.2, 0) is 0 Å². The number of methoxy groups -OCH3 is 1. The molecule has 5 aromatic rings. The third-order valence-corrected chi connectivity index (χ3v) is 6.82. The summed E-state index contributed by atoms with van der Waals surface area (Å²) in [6.45, 7) is 2.35. The van der Waals surface area contributed by atoms with E-state index in [1.54, 1.807) is 43.1 Å². The minimum Gasteiger partial charge on any atom is -0.497 e. The maximum absolute atomic E-state index is 13.4. The van der Waals surface area contributed by atoms with Gasteiger partial charge in [0, 0.05) is 23.6 Å². The molecule has 3 heterocycles. The number of nitrogens with zero attached hydrogens (tertiary/aromatic N) is 3. The highest BCUT2D eigenvalue weighted by atomic mass is 35.5. The highest BCUT2D eigenvalue weighted by molar-refractivity contribution is 7.99. The Labute approximate surface area is 210 Å². The second-order valence-corrected chi connectivity index (χ2v) is 9.37. The van der Waals surface area contributed by atoms with Crippen molar-refractivity contribution in [1.29, 1.82) is 0 Å². The maximum Gasteiger partial charge on any atom is 0.235 e. The number of halogens is 1. The summed E-state index contributed by atoms with van der Waals surface area (Å²) in [5.41, 5.74) is 2.75. The Bertz CT molecular complexity index is 1560. The molecule has 9 heteroatoms. The zero-order chi connectivity index (χ0) is 24.4. The molecule has 0 bridgehead atoms. The molecule has 0 aliphatic rings. The van der Waals surface area contributed by atoms with E-state index in [0.29, 0.717) is 46.2 Å². The first kappa shape index (κ1) is 23.3. The zero-order valence-corrected chi connectivity index (χ0v) is 20.7. The van der Waals surface area contributed by atoms with Gasteiger partial charge in [-0.15, -0.1) is 10.2 Å². The van der Waals surface area contributed by atoms with Crippen molar-refractivity contribution in [3.05, 3.63) is 81.6 Å². The van der Waals surface area contributed by atoms with E-state index in [9.17, 15) is 4.79 Å². The normalized spacial score (nSPS) is 11.3. The van der Waals surface area contributed by atoms with E-state index in [1.165, 1.54) is 0 Å². The summed E-state index contributed by atoms with van der Waals surface area (Å²) in [4.78, 5) is 13.4. The molecule has 178 valence electrons. The first-order valence-corrected chi connectivity index (χ1v) is 12.4. The van der Waals surface area contributed by atoms with Gasteiger partial charge in [-0.2, -0.15) is 0 Å². The topological polar surface area (TPSA) is 78.9 Å². The predicted octanol–water partition coefficient (Wildman–Crippen LogP) is 6.03. The van der Waals surface area contributed by atoms with Crippen LogP contribution in [0.4, 0.5) is 0 Å². The Hall–Kier alpha value is -3.49. The van der Waals surface area contributed by atoms with E-state index >= 15 is 0 Å². The largest absolute Gasteiger partial charge is 0.497 e. The van der Waals surface area contributed by atoms with E-state index < -0.39 is 0 Å². The van der Waals surface area contributed by atoms with Crippen molar-refractivity contribution in [2.75, 3.05) is 19.5 Å². The van der Waals surface area contributed by atoms with Crippen LogP contribution in [0, 0.1) is 6.92 Å². The first-order valence-electron chi connectivity index (χ1n) is 11.0. The molecule has 0 aliphatic heterocycles. The third-order valence-electron chi connectivity index (χ3n) is 5.49. The standard InChI is InChI=1S/C26H22ClN3O4S/c1-16-6-8-17(9-7-16)23-24(22(31)19-11-10-18(32-2)15-21(19)34-23)33-13-4-14-35-26-29-28-25-20(27)5-3-12-30(25)26/h3,5-12,15H,4,13-14H2,1-2H3. The Kier molecular flexibility index (Phi) is 6.66. The van der Waals surface area contributed by atoms with Gasteiger partial charge >= 0.3 is 0 Å². The van der Waals surface area contributed by atoms with Crippen molar-refractivity contribution in [2.45, 2.75) is 18.5 Å². The number of fused-ring (bicyclic) bond motifs is 2. The van der Waals surface area contributed by atoms with Crippen molar-refractivity contribution in [3.63, 3.8) is 0 Å². The molecule has 0 atom stereocenters. The SMILES string of the molecule is COc1ccc2c(=O)c(OCCCSc3nnc4c(Cl)cccn34)c(-c3ccc(C)cc3)oc2c1. The molecule has 0 unspecified atom stereocenters. The fourth-order valence-electron chi connectivity index (χ4n) is 3.67. The van der Waals surface area contributed by atoms with E-state index in [1.807, 2.05) is 47.9 Å². The predicted molar refractivity (Wildman–Crippen MR) is 138 cm³/mol. The van der Waals surface area contributed by atoms with Crippen LogP contribution in [0.5, 0.6) is 11.5 Å². The van der Waals surface area contributed by atoms with Gasteiger partial charge in [0.05, 0.1) is 24.1 Å². The summed E-state index contributed by atoms with van der Waals surface area (Å²) in [6, 6.07) is 16.6. The van der Waals surface area contributed by atoms with Gasteiger partial charge in [-0.05, 0) is 37.6 Å². The minimum absolute atomic E-state index is 0.205. The molecule has 0 fully saturated rings. The van der Waals surface area contributed by atoms with Gasteiger partial charge in [0.25, 0.3) is 0 Å². The average molecular weight is 508 g/mol. The first-order chi connectivity index (χ1) is 17.0. The minimum atomic E-state index is -0.213. The van der Waals surface area contributed by atoms with E-state index in [2.05, 4.69) is 10.2 Å². The van der Waals surface area contributed by atoms with Crippen molar-refractivity contribution in [3.8, 4) is 22.8 Å². The van der Waals surface area contributed by atoms with Crippen LogP contribution in [0.3, 0.4) is 0 Å². The lowest BCUT2D eigenvalue weighted by atomic mass is 10.1. The molecule has 0 radical (unpaired) electrons. The Balaban J connectivity index is 1.37. The van der Waals surface area contributed by atoms with Gasteiger partial charge < -0.3 is 13.9 Å². The number of aryl methyl sites for hydroxylation is 1. The number of hydrogen-bond donors (Lipinski definition) is 0. The molecule has 3 aromatic heterocycles. The van der Waals surface area contributed by atoms with Crippen molar-refractivity contribution >= 4 is 40.0 Å². The maximum atomic E-state index is 13.4. The monoisotopic (exact) mass is 507 g/mol. The van der Waals surface area contributed by atoms with Crippen LogP contribution in [0.25, 0.3) is 27.9 Å². The van der Waals surface area contributed by atoms with E-state index in [-0.39, 0.29) is 11.2 Å². The van der Waals surface area contributed by atoms with Gasteiger partial charge in [-0.1, -0.05) is 53.2 Å². The quantitative estimate of drug-likeness (QED) is 0.187. The molecule has 0 spiro atoms. The molecular formula is C26H22ClN3O4S. The van der Waals surface area contributed by atoms with Crippen LogP contribution < -0.4 is 14.9 Å². The summed E-state index contributed by atoms with van der Waals surface area (Å²) in [5.74, 6) is 1.95. The Morgan fingerprint density at radius 3 is 2.74 bits per heavy atom. The lowest BCUT2D eigenvalue weighted by Crippen LogP contribution is -2.11. The molecule has 5 rings (SSSR count). The molecule has 0 amide bonds. The van der Waals surface area contributed by atoms with Gasteiger partial charge in [0.2, 0.25) is 11.2 Å². The van der Waals surface area contributed by atoms with Crippen LogP contribution >= 0.6 is 23.4 Å². The molecule has 0 aliphatic carbocycles. The second kappa shape index (κ2) is 10.0. The number of pyridine rings is 1. The summed E-state index contributed by atoms with van der Waals surface area (Å²) in [6.07, 6.45) is 2.57. The zero-order valence-electron chi connectivity index (χ0n) is 19.2. The van der Waals surface area contributed by atoms with Crippen LogP contribution in [0.15, 0.2) is 75.2 Å². The number of rotatable bonds is 8. The van der Waals surface area contributed by atoms with Gasteiger partial charge in [-0.25, -0.2) is 0 Å². The van der Waals surface area contributed by atoms with Crippen LogP contribution in [0.1, 0.15) is 12.0 Å². The smallest absolute Gasteiger partial charge is 0.235 e. The highest BCUT2D eigenvalue weighted by Crippen LogP contribution is 2.32. The van der Waals surface area contributed by atoms with Crippen LogP contribution in [-0.4, -0.2) is 34.1 Å². The Morgan fingerprint density at radius 2 is 1.94 bits per heavy atom. The average Bonchev–Trinajstić information content (AvgIpc) is 3.29. The molecular weight excluding hydrogens is 486 g/mol. The number of hydrogen-bond acceptors (Lipinski definition) is 7. The number of aromatic nitrogens is 3. The molecule has 35 heavy (non-hydrogen) atoms. The molecule has 2 aromatic carbocycles. The fourth-order valence-corrected chi connectivity index (χ4v) is 4.70. The lowest BCUT2D eigenvalue weighted by Gasteiger charge is -2.12. The molecule has 7 nitrogen and oxygen atoms in total. The number of ether oxygens (including phenoxy) is 2. The molecule has 0 saturated carbocycles.